The summed E-state index contributed by atoms with van der Waals surface area (Å²) in [5.74, 6) is -0.263. The Morgan fingerprint density at radius 1 is 1.32 bits per heavy atom. The first-order chi connectivity index (χ1) is 8.75. The zero-order valence-corrected chi connectivity index (χ0v) is 11.1. The third kappa shape index (κ3) is 4.40. The van der Waals surface area contributed by atoms with Crippen LogP contribution in [0, 0.1) is 0 Å². The molecule has 0 spiro atoms. The number of ether oxygens (including phenoxy) is 1. The van der Waals surface area contributed by atoms with Crippen LogP contribution in [0.15, 0.2) is 18.2 Å². The van der Waals surface area contributed by atoms with Gasteiger partial charge >= 0.3 is 6.18 Å². The second-order valence-corrected chi connectivity index (χ2v) is 4.42. The molecule has 0 heterocycles. The molecule has 0 aromatic heterocycles. The summed E-state index contributed by atoms with van der Waals surface area (Å²) < 4.78 is 44.0. The number of hydrogen-bond acceptors (Lipinski definition) is 3. The van der Waals surface area contributed by atoms with Crippen LogP contribution in [0.4, 0.5) is 13.2 Å². The molecule has 6 heteroatoms. The van der Waals surface area contributed by atoms with E-state index in [2.05, 4.69) is 5.32 Å². The molecule has 108 valence electrons. The molecule has 2 atom stereocenters. The van der Waals surface area contributed by atoms with E-state index >= 15 is 0 Å². The van der Waals surface area contributed by atoms with E-state index in [4.69, 9.17) is 4.74 Å². The van der Waals surface area contributed by atoms with Crippen LogP contribution in [0.2, 0.25) is 0 Å². The second kappa shape index (κ2) is 6.25. The number of hydrogen-bond donors (Lipinski definition) is 2. The average Bonchev–Trinajstić information content (AvgIpc) is 2.29. The van der Waals surface area contributed by atoms with Crippen molar-refractivity contribution in [3.63, 3.8) is 0 Å². The Morgan fingerprint density at radius 2 is 1.95 bits per heavy atom. The standard InChI is InChI=1S/C13H18F3NO2/c1-8(18)9(2)19-12-5-4-10(7-17-3)6-11(12)13(14,15)16/h4-6,8-9,17-18H,7H2,1-3H3. The summed E-state index contributed by atoms with van der Waals surface area (Å²) in [6.07, 6.45) is -6.05. The van der Waals surface area contributed by atoms with Crippen molar-refractivity contribution in [3.05, 3.63) is 29.3 Å². The van der Waals surface area contributed by atoms with E-state index in [-0.39, 0.29) is 5.75 Å². The predicted octanol–water partition coefficient (Wildman–Crippen LogP) is 2.57. The minimum absolute atomic E-state index is 0.263. The molecular weight excluding hydrogens is 259 g/mol. The topological polar surface area (TPSA) is 41.5 Å². The van der Waals surface area contributed by atoms with Crippen LogP contribution in [-0.2, 0) is 12.7 Å². The fraction of sp³-hybridized carbons (Fsp3) is 0.538. The predicted molar refractivity (Wildman–Crippen MR) is 66.0 cm³/mol. The summed E-state index contributed by atoms with van der Waals surface area (Å²) in [7, 11) is 1.66. The number of rotatable bonds is 5. The van der Waals surface area contributed by atoms with Crippen LogP contribution in [0.5, 0.6) is 5.75 Å². The molecular formula is C13H18F3NO2. The SMILES string of the molecule is CNCc1ccc(OC(C)C(C)O)c(C(F)(F)F)c1. The highest BCUT2D eigenvalue weighted by Gasteiger charge is 2.35. The molecule has 0 amide bonds. The smallest absolute Gasteiger partial charge is 0.419 e. The van der Waals surface area contributed by atoms with Gasteiger partial charge in [0.1, 0.15) is 11.9 Å². The van der Waals surface area contributed by atoms with Gasteiger partial charge in [0, 0.05) is 6.54 Å². The maximum atomic E-state index is 13.0. The number of nitrogens with one attached hydrogen (secondary N) is 1. The third-order valence-electron chi connectivity index (χ3n) is 2.72. The zero-order valence-electron chi connectivity index (χ0n) is 11.1. The normalized spacial score (nSPS) is 15.1. The lowest BCUT2D eigenvalue weighted by Gasteiger charge is -2.21. The molecule has 0 fully saturated rings. The van der Waals surface area contributed by atoms with Crippen molar-refractivity contribution in [2.24, 2.45) is 0 Å². The van der Waals surface area contributed by atoms with Gasteiger partial charge in [0.2, 0.25) is 0 Å². The first-order valence-corrected chi connectivity index (χ1v) is 5.95. The molecule has 2 unspecified atom stereocenters. The molecule has 0 radical (unpaired) electrons. The molecule has 0 saturated heterocycles. The van der Waals surface area contributed by atoms with Crippen molar-refractivity contribution in [2.75, 3.05) is 7.05 Å². The average molecular weight is 277 g/mol. The van der Waals surface area contributed by atoms with Crippen LogP contribution < -0.4 is 10.1 Å². The Hall–Kier alpha value is -1.27. The molecule has 1 aromatic rings. The van der Waals surface area contributed by atoms with E-state index in [9.17, 15) is 18.3 Å². The van der Waals surface area contributed by atoms with Crippen LogP contribution in [0.3, 0.4) is 0 Å². The minimum Gasteiger partial charge on any atom is -0.487 e. The van der Waals surface area contributed by atoms with Crippen molar-refractivity contribution in [1.29, 1.82) is 0 Å². The van der Waals surface area contributed by atoms with Crippen molar-refractivity contribution < 1.29 is 23.0 Å². The van der Waals surface area contributed by atoms with Gasteiger partial charge in [-0.05, 0) is 38.6 Å². The molecule has 1 rings (SSSR count). The van der Waals surface area contributed by atoms with Gasteiger partial charge in [-0.3, -0.25) is 0 Å². The van der Waals surface area contributed by atoms with E-state index in [1.54, 1.807) is 13.1 Å². The summed E-state index contributed by atoms with van der Waals surface area (Å²) in [4.78, 5) is 0. The van der Waals surface area contributed by atoms with E-state index in [0.29, 0.717) is 12.1 Å². The number of aliphatic hydroxyl groups is 1. The molecule has 0 aliphatic heterocycles. The van der Waals surface area contributed by atoms with Gasteiger partial charge in [-0.25, -0.2) is 0 Å². The summed E-state index contributed by atoms with van der Waals surface area (Å²) in [6.45, 7) is 3.33. The summed E-state index contributed by atoms with van der Waals surface area (Å²) in [6, 6.07) is 3.91. The Labute approximate surface area is 110 Å². The highest BCUT2D eigenvalue weighted by atomic mass is 19.4. The van der Waals surface area contributed by atoms with Gasteiger partial charge < -0.3 is 15.2 Å². The van der Waals surface area contributed by atoms with Crippen LogP contribution in [0.1, 0.15) is 25.0 Å². The summed E-state index contributed by atoms with van der Waals surface area (Å²) in [5.41, 5.74) is -0.306. The van der Waals surface area contributed by atoms with Gasteiger partial charge in [0.25, 0.3) is 0 Å². The quantitative estimate of drug-likeness (QED) is 0.869. The van der Waals surface area contributed by atoms with Crippen molar-refractivity contribution in [2.45, 2.75) is 38.8 Å². The Bertz CT molecular complexity index is 419. The van der Waals surface area contributed by atoms with Crippen LogP contribution in [-0.4, -0.2) is 24.4 Å². The van der Waals surface area contributed by atoms with Crippen molar-refractivity contribution in [1.82, 2.24) is 5.32 Å². The fourth-order valence-corrected chi connectivity index (χ4v) is 1.51. The first-order valence-electron chi connectivity index (χ1n) is 5.95. The lowest BCUT2D eigenvalue weighted by Crippen LogP contribution is -2.26. The Morgan fingerprint density at radius 3 is 2.42 bits per heavy atom. The van der Waals surface area contributed by atoms with Gasteiger partial charge in [-0.1, -0.05) is 6.07 Å². The molecule has 19 heavy (non-hydrogen) atoms. The molecule has 2 N–H and O–H groups in total. The van der Waals surface area contributed by atoms with Gasteiger partial charge in [0.05, 0.1) is 11.7 Å². The molecule has 0 saturated carbocycles. The monoisotopic (exact) mass is 277 g/mol. The maximum absolute atomic E-state index is 13.0. The van der Waals surface area contributed by atoms with E-state index in [1.807, 2.05) is 0 Å². The highest BCUT2D eigenvalue weighted by molar-refractivity contribution is 5.39. The summed E-state index contributed by atoms with van der Waals surface area (Å²) in [5, 5.41) is 12.1. The molecule has 0 aliphatic carbocycles. The molecule has 0 bridgehead atoms. The van der Waals surface area contributed by atoms with Gasteiger partial charge in [-0.15, -0.1) is 0 Å². The lowest BCUT2D eigenvalue weighted by atomic mass is 10.1. The highest BCUT2D eigenvalue weighted by Crippen LogP contribution is 2.37. The Balaban J connectivity index is 3.09. The van der Waals surface area contributed by atoms with E-state index in [1.165, 1.54) is 19.9 Å². The summed E-state index contributed by atoms with van der Waals surface area (Å²) >= 11 is 0. The number of aliphatic hydroxyl groups excluding tert-OH is 1. The number of benzene rings is 1. The number of alkyl halides is 3. The largest absolute Gasteiger partial charge is 0.487 e. The lowest BCUT2D eigenvalue weighted by molar-refractivity contribution is -0.139. The van der Waals surface area contributed by atoms with Crippen LogP contribution in [0.25, 0.3) is 0 Å². The molecule has 3 nitrogen and oxygen atoms in total. The van der Waals surface area contributed by atoms with E-state index < -0.39 is 23.9 Å². The molecule has 0 aliphatic rings. The minimum atomic E-state index is -4.49. The van der Waals surface area contributed by atoms with Crippen molar-refractivity contribution >= 4 is 0 Å². The second-order valence-electron chi connectivity index (χ2n) is 4.42. The molecule has 1 aromatic carbocycles. The first kappa shape index (κ1) is 15.8. The number of halogens is 3. The zero-order chi connectivity index (χ0) is 14.6. The van der Waals surface area contributed by atoms with E-state index in [0.717, 1.165) is 6.07 Å². The maximum Gasteiger partial charge on any atom is 0.419 e. The van der Waals surface area contributed by atoms with Gasteiger partial charge in [0.15, 0.2) is 0 Å². The Kier molecular flexibility index (Phi) is 5.20. The fourth-order valence-electron chi connectivity index (χ4n) is 1.51. The van der Waals surface area contributed by atoms with Gasteiger partial charge in [-0.2, -0.15) is 13.2 Å². The van der Waals surface area contributed by atoms with Crippen LogP contribution >= 0.6 is 0 Å². The third-order valence-corrected chi connectivity index (χ3v) is 2.72. The van der Waals surface area contributed by atoms with Crippen molar-refractivity contribution in [3.8, 4) is 5.75 Å².